The van der Waals surface area contributed by atoms with Gasteiger partial charge in [0.25, 0.3) is 0 Å². The molecular formula is C20H20O3. The molecular weight excluding hydrogens is 288 g/mol. The van der Waals surface area contributed by atoms with E-state index in [2.05, 4.69) is 26.0 Å². The molecule has 0 amide bonds. The Labute approximate surface area is 135 Å². The Kier molecular flexibility index (Phi) is 3.95. The second kappa shape index (κ2) is 5.92. The van der Waals surface area contributed by atoms with Crippen LogP contribution in [0.2, 0.25) is 0 Å². The second-order valence-corrected chi connectivity index (χ2v) is 5.92. The van der Waals surface area contributed by atoms with Crippen LogP contribution in [0.3, 0.4) is 0 Å². The smallest absolute Gasteiger partial charge is 0.340 e. The lowest BCUT2D eigenvalue weighted by atomic mass is 9.93. The molecule has 3 aromatic rings. The zero-order valence-corrected chi connectivity index (χ0v) is 13.6. The van der Waals surface area contributed by atoms with Crippen molar-refractivity contribution in [2.45, 2.75) is 33.6 Å². The maximum Gasteiger partial charge on any atom is 0.340 e. The first-order valence-corrected chi connectivity index (χ1v) is 7.84. The molecule has 0 aliphatic rings. The zero-order chi connectivity index (χ0) is 16.6. The summed E-state index contributed by atoms with van der Waals surface area (Å²) < 4.78 is 5.44. The fraction of sp³-hybridized carbons (Fsp3) is 0.250. The van der Waals surface area contributed by atoms with E-state index in [-0.39, 0.29) is 11.4 Å². The van der Waals surface area contributed by atoms with Gasteiger partial charge in [0, 0.05) is 23.4 Å². The predicted octanol–water partition coefficient (Wildman–Crippen LogP) is 4.27. The Morgan fingerprint density at radius 3 is 2.61 bits per heavy atom. The van der Waals surface area contributed by atoms with Crippen molar-refractivity contribution in [1.82, 2.24) is 0 Å². The third-order valence-corrected chi connectivity index (χ3v) is 4.54. The summed E-state index contributed by atoms with van der Waals surface area (Å²) in [5.41, 5.74) is 5.40. The van der Waals surface area contributed by atoms with Crippen LogP contribution in [-0.4, -0.2) is 5.11 Å². The number of aryl methyl sites for hydroxylation is 2. The highest BCUT2D eigenvalue weighted by Gasteiger charge is 2.15. The van der Waals surface area contributed by atoms with Crippen molar-refractivity contribution >= 4 is 11.0 Å². The number of hydrogen-bond acceptors (Lipinski definition) is 3. The maximum atomic E-state index is 12.5. The van der Waals surface area contributed by atoms with E-state index in [0.29, 0.717) is 17.6 Å². The van der Waals surface area contributed by atoms with Crippen LogP contribution < -0.4 is 5.63 Å². The molecule has 0 bridgehead atoms. The summed E-state index contributed by atoms with van der Waals surface area (Å²) in [6.07, 6.45) is 1.31. The van der Waals surface area contributed by atoms with Crippen molar-refractivity contribution in [3.63, 3.8) is 0 Å². The maximum absolute atomic E-state index is 12.5. The predicted molar refractivity (Wildman–Crippen MR) is 92.2 cm³/mol. The van der Waals surface area contributed by atoms with Gasteiger partial charge in [-0.15, -0.1) is 0 Å². The van der Waals surface area contributed by atoms with Crippen molar-refractivity contribution < 1.29 is 9.52 Å². The topological polar surface area (TPSA) is 50.4 Å². The van der Waals surface area contributed by atoms with Crippen LogP contribution in [0.5, 0.6) is 5.75 Å². The highest BCUT2D eigenvalue weighted by molar-refractivity contribution is 5.82. The van der Waals surface area contributed by atoms with E-state index >= 15 is 0 Å². The second-order valence-electron chi connectivity index (χ2n) is 5.92. The monoisotopic (exact) mass is 308 g/mol. The summed E-state index contributed by atoms with van der Waals surface area (Å²) in [4.78, 5) is 12.5. The molecule has 3 nitrogen and oxygen atoms in total. The molecule has 0 aliphatic heterocycles. The van der Waals surface area contributed by atoms with Crippen molar-refractivity contribution in [2.75, 3.05) is 0 Å². The largest absolute Gasteiger partial charge is 0.508 e. The van der Waals surface area contributed by atoms with Gasteiger partial charge in [0.05, 0.1) is 0 Å². The van der Waals surface area contributed by atoms with Crippen LogP contribution in [0.4, 0.5) is 0 Å². The lowest BCUT2D eigenvalue weighted by molar-refractivity contribution is 0.472. The van der Waals surface area contributed by atoms with Crippen molar-refractivity contribution in [1.29, 1.82) is 0 Å². The van der Waals surface area contributed by atoms with Crippen LogP contribution in [-0.2, 0) is 12.8 Å². The summed E-state index contributed by atoms with van der Waals surface area (Å²) in [7, 11) is 0. The third-order valence-electron chi connectivity index (χ3n) is 4.54. The highest BCUT2D eigenvalue weighted by Crippen LogP contribution is 2.26. The first-order chi connectivity index (χ1) is 11.0. The number of phenols is 1. The minimum atomic E-state index is -0.319. The van der Waals surface area contributed by atoms with Gasteiger partial charge in [0.2, 0.25) is 0 Å². The van der Waals surface area contributed by atoms with Crippen LogP contribution in [0.1, 0.15) is 34.7 Å². The molecule has 0 saturated carbocycles. The minimum absolute atomic E-state index is 0.102. The number of benzene rings is 2. The molecule has 0 saturated heterocycles. The Bertz CT molecular complexity index is 936. The van der Waals surface area contributed by atoms with Gasteiger partial charge in [0.1, 0.15) is 11.3 Å². The van der Waals surface area contributed by atoms with Crippen molar-refractivity contribution in [3.05, 3.63) is 74.6 Å². The molecule has 3 rings (SSSR count). The average molecular weight is 308 g/mol. The molecule has 0 spiro atoms. The first-order valence-electron chi connectivity index (χ1n) is 7.84. The van der Waals surface area contributed by atoms with Gasteiger partial charge in [-0.2, -0.15) is 0 Å². The highest BCUT2D eigenvalue weighted by atomic mass is 16.4. The molecule has 1 heterocycles. The average Bonchev–Trinajstić information content (AvgIpc) is 2.52. The SMILES string of the molecule is CCc1c(Cc2cccc(C)c2C)c(=O)oc2cc(O)ccc12. The normalized spacial score (nSPS) is 11.1. The van der Waals surface area contributed by atoms with E-state index in [1.54, 1.807) is 6.07 Å². The van der Waals surface area contributed by atoms with Crippen LogP contribution in [0.25, 0.3) is 11.0 Å². The quantitative estimate of drug-likeness (QED) is 0.735. The molecule has 1 aromatic heterocycles. The number of phenolic OH excluding ortho intramolecular Hbond substituents is 1. The summed E-state index contributed by atoms with van der Waals surface area (Å²) in [5, 5.41) is 10.5. The fourth-order valence-electron chi connectivity index (χ4n) is 3.07. The Hall–Kier alpha value is -2.55. The molecule has 1 N–H and O–H groups in total. The molecule has 0 atom stereocenters. The molecule has 23 heavy (non-hydrogen) atoms. The van der Waals surface area contributed by atoms with Gasteiger partial charge in [0.15, 0.2) is 0 Å². The number of rotatable bonds is 3. The van der Waals surface area contributed by atoms with Crippen LogP contribution >= 0.6 is 0 Å². The van der Waals surface area contributed by atoms with Crippen LogP contribution in [0.15, 0.2) is 45.6 Å². The summed E-state index contributed by atoms with van der Waals surface area (Å²) >= 11 is 0. The number of fused-ring (bicyclic) bond motifs is 1. The third kappa shape index (κ3) is 2.74. The van der Waals surface area contributed by atoms with E-state index in [1.807, 2.05) is 19.1 Å². The van der Waals surface area contributed by atoms with Gasteiger partial charge in [-0.1, -0.05) is 25.1 Å². The Morgan fingerprint density at radius 2 is 1.87 bits per heavy atom. The van der Waals surface area contributed by atoms with Gasteiger partial charge in [-0.05, 0) is 54.7 Å². The molecule has 0 fully saturated rings. The molecule has 0 aliphatic carbocycles. The van der Waals surface area contributed by atoms with Gasteiger partial charge < -0.3 is 9.52 Å². The molecule has 0 radical (unpaired) electrons. The fourth-order valence-corrected chi connectivity index (χ4v) is 3.07. The summed E-state index contributed by atoms with van der Waals surface area (Å²) in [6, 6.07) is 11.1. The van der Waals surface area contributed by atoms with Gasteiger partial charge >= 0.3 is 5.63 Å². The Balaban J connectivity index is 2.21. The van der Waals surface area contributed by atoms with Gasteiger partial charge in [-0.3, -0.25) is 0 Å². The van der Waals surface area contributed by atoms with E-state index in [0.717, 1.165) is 22.9 Å². The summed E-state index contributed by atoms with van der Waals surface area (Å²) in [6.45, 7) is 6.19. The lowest BCUT2D eigenvalue weighted by Gasteiger charge is -2.12. The standard InChI is InChI=1S/C20H20O3/c1-4-16-17-9-8-15(21)11-19(17)23-20(22)18(16)10-14-7-5-6-12(2)13(14)3/h5-9,11,21H,4,10H2,1-3H3. The number of hydrogen-bond donors (Lipinski definition) is 1. The van der Waals surface area contributed by atoms with E-state index < -0.39 is 0 Å². The lowest BCUT2D eigenvalue weighted by Crippen LogP contribution is -2.13. The van der Waals surface area contributed by atoms with Crippen molar-refractivity contribution in [3.8, 4) is 5.75 Å². The zero-order valence-electron chi connectivity index (χ0n) is 13.6. The van der Waals surface area contributed by atoms with Crippen molar-refractivity contribution in [2.24, 2.45) is 0 Å². The van der Waals surface area contributed by atoms with Gasteiger partial charge in [-0.25, -0.2) is 4.79 Å². The van der Waals surface area contributed by atoms with E-state index in [9.17, 15) is 9.90 Å². The molecule has 118 valence electrons. The minimum Gasteiger partial charge on any atom is -0.508 e. The molecule has 0 unspecified atom stereocenters. The van der Waals surface area contributed by atoms with E-state index in [1.165, 1.54) is 17.2 Å². The number of aromatic hydroxyl groups is 1. The Morgan fingerprint density at radius 1 is 1.09 bits per heavy atom. The molecule has 2 aromatic carbocycles. The van der Waals surface area contributed by atoms with E-state index in [4.69, 9.17) is 4.42 Å². The van der Waals surface area contributed by atoms with Crippen LogP contribution in [0, 0.1) is 13.8 Å². The molecule has 3 heteroatoms. The summed E-state index contributed by atoms with van der Waals surface area (Å²) in [5.74, 6) is 0.102. The first kappa shape index (κ1) is 15.3.